The van der Waals surface area contributed by atoms with Crippen molar-refractivity contribution < 1.29 is 27.1 Å². The third kappa shape index (κ3) is 3.24. The lowest BCUT2D eigenvalue weighted by molar-refractivity contribution is 0.102. The Morgan fingerprint density at radius 2 is 1.74 bits per heavy atom. The number of aryl methyl sites for hydroxylation is 1. The maximum Gasteiger partial charge on any atom is 0.258 e. The van der Waals surface area contributed by atoms with Gasteiger partial charge in [-0.05, 0) is 24.6 Å². The lowest BCUT2D eigenvalue weighted by Crippen LogP contribution is -2.17. The molecule has 3 nitrogen and oxygen atoms in total. The minimum atomic E-state index is -2.06. The minimum absolute atomic E-state index is 0.115. The van der Waals surface area contributed by atoms with E-state index in [2.05, 4.69) is 5.32 Å². The summed E-state index contributed by atoms with van der Waals surface area (Å²) in [7, 11) is 1.31. The number of hydrogen-bond donors (Lipinski definition) is 1. The van der Waals surface area contributed by atoms with Crippen molar-refractivity contribution in [2.24, 2.45) is 0 Å². The van der Waals surface area contributed by atoms with Crippen LogP contribution in [0, 0.1) is 30.2 Å². The third-order valence-electron chi connectivity index (χ3n) is 3.08. The number of rotatable bonds is 3. The second-order valence-corrected chi connectivity index (χ2v) is 5.01. The molecule has 8 heteroatoms. The molecule has 0 fully saturated rings. The summed E-state index contributed by atoms with van der Waals surface area (Å²) in [5, 5.41) is 2.61. The molecule has 122 valence electrons. The largest absolute Gasteiger partial charge is 0.495 e. The molecule has 0 saturated heterocycles. The van der Waals surface area contributed by atoms with Crippen molar-refractivity contribution in [2.45, 2.75) is 6.92 Å². The second-order valence-electron chi connectivity index (χ2n) is 4.60. The normalized spacial score (nSPS) is 10.6. The second kappa shape index (κ2) is 6.45. The molecule has 0 heterocycles. The molecule has 1 N–H and O–H groups in total. The number of benzene rings is 2. The molecular weight excluding hydrogens is 338 g/mol. The summed E-state index contributed by atoms with van der Waals surface area (Å²) in [6.07, 6.45) is 0. The van der Waals surface area contributed by atoms with E-state index in [1.54, 1.807) is 6.92 Å². The number of anilines is 1. The lowest BCUT2D eigenvalue weighted by atomic mass is 10.1. The van der Waals surface area contributed by atoms with Gasteiger partial charge in [-0.25, -0.2) is 17.6 Å². The smallest absolute Gasteiger partial charge is 0.258 e. The van der Waals surface area contributed by atoms with Gasteiger partial charge in [-0.3, -0.25) is 4.79 Å². The van der Waals surface area contributed by atoms with Crippen LogP contribution in [0.25, 0.3) is 0 Å². The van der Waals surface area contributed by atoms with Crippen LogP contribution in [0.2, 0.25) is 5.02 Å². The highest BCUT2D eigenvalue weighted by Gasteiger charge is 2.23. The fraction of sp³-hybridized carbons (Fsp3) is 0.133. The number of amides is 1. The van der Waals surface area contributed by atoms with E-state index in [1.165, 1.54) is 19.2 Å². The van der Waals surface area contributed by atoms with Gasteiger partial charge in [0.15, 0.2) is 23.3 Å². The predicted octanol–water partition coefficient (Wildman–Crippen LogP) is 4.47. The van der Waals surface area contributed by atoms with Crippen molar-refractivity contribution in [3.8, 4) is 5.75 Å². The van der Waals surface area contributed by atoms with Crippen molar-refractivity contribution in [1.29, 1.82) is 0 Å². The summed E-state index contributed by atoms with van der Waals surface area (Å²) >= 11 is 5.91. The Morgan fingerprint density at radius 3 is 2.35 bits per heavy atom. The zero-order valence-electron chi connectivity index (χ0n) is 11.9. The molecule has 0 aliphatic heterocycles. The molecular formula is C15H10ClF4NO2. The van der Waals surface area contributed by atoms with Crippen LogP contribution in [0.15, 0.2) is 18.2 Å². The summed E-state index contributed by atoms with van der Waals surface area (Å²) in [5.74, 6) is -8.51. The van der Waals surface area contributed by atoms with Gasteiger partial charge in [-0.2, -0.15) is 0 Å². The van der Waals surface area contributed by atoms with Gasteiger partial charge in [0.2, 0.25) is 0 Å². The fourth-order valence-corrected chi connectivity index (χ4v) is 2.01. The Hall–Kier alpha value is -2.28. The molecule has 0 aliphatic rings. The first-order chi connectivity index (χ1) is 10.8. The Morgan fingerprint density at radius 1 is 1.09 bits per heavy atom. The van der Waals surface area contributed by atoms with Gasteiger partial charge in [0.25, 0.3) is 5.91 Å². The van der Waals surface area contributed by atoms with Gasteiger partial charge in [0, 0.05) is 11.1 Å². The van der Waals surface area contributed by atoms with Crippen LogP contribution in [-0.2, 0) is 0 Å². The Bertz CT molecular complexity index is 796. The number of carbonyl (C=O) groups is 1. The van der Waals surface area contributed by atoms with Gasteiger partial charge in [0.05, 0.1) is 18.4 Å². The van der Waals surface area contributed by atoms with E-state index in [4.69, 9.17) is 16.3 Å². The molecule has 0 radical (unpaired) electrons. The molecule has 0 atom stereocenters. The van der Waals surface area contributed by atoms with Crippen LogP contribution in [0.3, 0.4) is 0 Å². The molecule has 0 aliphatic carbocycles. The molecule has 2 rings (SSSR count). The SMILES string of the molecule is COc1cc(Cl)c(C)cc1NC(=O)c1cc(F)c(F)c(F)c1F. The summed E-state index contributed by atoms with van der Waals surface area (Å²) < 4.78 is 57.9. The van der Waals surface area contributed by atoms with E-state index in [1.807, 2.05) is 0 Å². The van der Waals surface area contributed by atoms with Crippen molar-refractivity contribution in [3.05, 3.63) is 57.6 Å². The van der Waals surface area contributed by atoms with Gasteiger partial charge in [-0.15, -0.1) is 0 Å². The third-order valence-corrected chi connectivity index (χ3v) is 3.48. The maximum absolute atomic E-state index is 13.6. The molecule has 0 bridgehead atoms. The van der Waals surface area contributed by atoms with E-state index in [0.29, 0.717) is 10.6 Å². The minimum Gasteiger partial charge on any atom is -0.495 e. The highest BCUT2D eigenvalue weighted by atomic mass is 35.5. The van der Waals surface area contributed by atoms with E-state index in [-0.39, 0.29) is 17.5 Å². The van der Waals surface area contributed by atoms with Gasteiger partial charge in [0.1, 0.15) is 5.75 Å². The molecule has 2 aromatic rings. The van der Waals surface area contributed by atoms with Gasteiger partial charge >= 0.3 is 0 Å². The first-order valence-corrected chi connectivity index (χ1v) is 6.62. The summed E-state index contributed by atoms with van der Waals surface area (Å²) in [6, 6.07) is 3.13. The Balaban J connectivity index is 2.43. The topological polar surface area (TPSA) is 38.3 Å². The summed E-state index contributed by atoms with van der Waals surface area (Å²) in [4.78, 5) is 12.0. The standard InChI is InChI=1S/C15H10ClF4NO2/c1-6-3-10(11(23-2)5-8(6)16)21-15(22)7-4-9(17)13(19)14(20)12(7)18/h3-5H,1-2H3,(H,21,22). The first-order valence-electron chi connectivity index (χ1n) is 6.24. The highest BCUT2D eigenvalue weighted by Crippen LogP contribution is 2.31. The van der Waals surface area contributed by atoms with Crippen LogP contribution in [0.1, 0.15) is 15.9 Å². The quantitative estimate of drug-likeness (QED) is 0.505. The van der Waals surface area contributed by atoms with Crippen molar-refractivity contribution in [2.75, 3.05) is 12.4 Å². The summed E-state index contributed by atoms with van der Waals surface area (Å²) in [6.45, 7) is 1.65. The number of hydrogen-bond acceptors (Lipinski definition) is 2. The number of methoxy groups -OCH3 is 1. The number of halogens is 5. The van der Waals surface area contributed by atoms with Gasteiger partial charge in [-0.1, -0.05) is 11.6 Å². The molecule has 0 saturated carbocycles. The Kier molecular flexibility index (Phi) is 4.79. The van der Waals surface area contributed by atoms with Crippen LogP contribution in [-0.4, -0.2) is 13.0 Å². The first kappa shape index (κ1) is 17.1. The van der Waals surface area contributed by atoms with Crippen molar-refractivity contribution in [1.82, 2.24) is 0 Å². The number of carbonyl (C=O) groups excluding carboxylic acids is 1. The van der Waals surface area contributed by atoms with E-state index >= 15 is 0 Å². The van der Waals surface area contributed by atoms with Crippen LogP contribution >= 0.6 is 11.6 Å². The average molecular weight is 348 g/mol. The molecule has 0 unspecified atom stereocenters. The molecule has 1 amide bonds. The predicted molar refractivity (Wildman–Crippen MR) is 77.0 cm³/mol. The lowest BCUT2D eigenvalue weighted by Gasteiger charge is -2.13. The number of ether oxygens (including phenoxy) is 1. The molecule has 23 heavy (non-hydrogen) atoms. The molecule has 2 aromatic carbocycles. The van der Waals surface area contributed by atoms with E-state index in [9.17, 15) is 22.4 Å². The highest BCUT2D eigenvalue weighted by molar-refractivity contribution is 6.31. The fourth-order valence-electron chi connectivity index (χ4n) is 1.86. The summed E-state index contributed by atoms with van der Waals surface area (Å²) in [5.41, 5.74) is -0.278. The van der Waals surface area contributed by atoms with E-state index in [0.717, 1.165) is 0 Å². The van der Waals surface area contributed by atoms with Crippen molar-refractivity contribution >= 4 is 23.2 Å². The number of nitrogens with one attached hydrogen (secondary N) is 1. The van der Waals surface area contributed by atoms with Crippen LogP contribution in [0.5, 0.6) is 5.75 Å². The monoisotopic (exact) mass is 347 g/mol. The van der Waals surface area contributed by atoms with Crippen molar-refractivity contribution in [3.63, 3.8) is 0 Å². The maximum atomic E-state index is 13.6. The molecule has 0 spiro atoms. The zero-order valence-corrected chi connectivity index (χ0v) is 12.7. The molecule has 0 aromatic heterocycles. The van der Waals surface area contributed by atoms with Crippen LogP contribution < -0.4 is 10.1 Å². The zero-order chi connectivity index (χ0) is 17.3. The van der Waals surface area contributed by atoms with E-state index < -0.39 is 34.7 Å². The average Bonchev–Trinajstić information content (AvgIpc) is 2.51. The Labute approximate surface area is 133 Å². The van der Waals surface area contributed by atoms with Gasteiger partial charge < -0.3 is 10.1 Å². The van der Waals surface area contributed by atoms with Crippen LogP contribution in [0.4, 0.5) is 23.2 Å².